The van der Waals surface area contributed by atoms with E-state index >= 15 is 0 Å². The fraction of sp³-hybridized carbons (Fsp3) is 0.333. The summed E-state index contributed by atoms with van der Waals surface area (Å²) in [5.41, 5.74) is 4.88. The van der Waals surface area contributed by atoms with Crippen LogP contribution in [0.15, 0.2) is 42.7 Å². The van der Waals surface area contributed by atoms with E-state index in [9.17, 15) is 18.8 Å². The lowest BCUT2D eigenvalue weighted by molar-refractivity contribution is -0.0220. The molecule has 0 aliphatic carbocycles. The summed E-state index contributed by atoms with van der Waals surface area (Å²) in [4.78, 5) is 21.2. The Labute approximate surface area is 189 Å². The van der Waals surface area contributed by atoms with Gasteiger partial charge in [-0.2, -0.15) is 10.4 Å². The number of aromatic nitrogens is 3. The molecule has 33 heavy (non-hydrogen) atoms. The lowest BCUT2D eigenvalue weighted by Crippen LogP contribution is -2.40. The molecule has 2 aliphatic heterocycles. The molecular weight excluding hydrogens is 426 g/mol. The highest BCUT2D eigenvalue weighted by Crippen LogP contribution is 2.34. The van der Waals surface area contributed by atoms with Crippen LogP contribution in [0.25, 0.3) is 5.69 Å². The molecule has 1 saturated heterocycles. The largest absolute Gasteiger partial charge is 0.370 e. The maximum Gasteiger partial charge on any atom is 0.256 e. The molecule has 0 saturated carbocycles. The topological polar surface area (TPSA) is 78.0 Å². The third-order valence-electron chi connectivity index (χ3n) is 6.20. The zero-order valence-corrected chi connectivity index (χ0v) is 18.1. The van der Waals surface area contributed by atoms with Gasteiger partial charge in [-0.1, -0.05) is 0 Å². The van der Waals surface area contributed by atoms with Gasteiger partial charge in [0.2, 0.25) is 0 Å². The maximum atomic E-state index is 13.7. The summed E-state index contributed by atoms with van der Waals surface area (Å²) >= 11 is 0. The van der Waals surface area contributed by atoms with Crippen molar-refractivity contribution in [3.8, 4) is 11.8 Å². The Morgan fingerprint density at radius 2 is 1.94 bits per heavy atom. The monoisotopic (exact) mass is 448 g/mol. The average Bonchev–Trinajstić information content (AvgIpc) is 3.38. The minimum atomic E-state index is -2.68. The normalized spacial score (nSPS) is 17.0. The molecule has 1 amide bonds. The number of nitriles is 1. The molecule has 0 spiro atoms. The summed E-state index contributed by atoms with van der Waals surface area (Å²) in [5, 5.41) is 14.0. The Hall–Kier alpha value is -3.80. The van der Waals surface area contributed by atoms with Crippen LogP contribution >= 0.6 is 0 Å². The van der Waals surface area contributed by atoms with Gasteiger partial charge in [0.15, 0.2) is 0 Å². The van der Waals surface area contributed by atoms with Gasteiger partial charge >= 0.3 is 0 Å². The third-order valence-corrected chi connectivity index (χ3v) is 6.20. The number of benzene rings is 1. The van der Waals surface area contributed by atoms with Gasteiger partial charge in [0.05, 0.1) is 35.1 Å². The Morgan fingerprint density at radius 1 is 1.15 bits per heavy atom. The van der Waals surface area contributed by atoms with Crippen LogP contribution in [0.4, 0.5) is 14.5 Å². The Kier molecular flexibility index (Phi) is 5.08. The van der Waals surface area contributed by atoms with Crippen molar-refractivity contribution in [2.24, 2.45) is 0 Å². The van der Waals surface area contributed by atoms with E-state index < -0.39 is 5.92 Å². The van der Waals surface area contributed by atoms with Gasteiger partial charge in [0.25, 0.3) is 11.8 Å². The standard InChI is InChI=1S/C24H22F2N6O/c1-16-10-19(4-7-28-16)32-14-18-13-31(15-21(18)29-32)23(33)20-11-17(12-27)2-3-22(20)30-8-5-24(25,26)6-9-30/h2-4,7,10-11,14H,5-6,8-9,13,15H2,1H3. The van der Waals surface area contributed by atoms with E-state index in [0.717, 1.165) is 22.6 Å². The average molecular weight is 448 g/mol. The predicted octanol–water partition coefficient (Wildman–Crippen LogP) is 3.84. The summed E-state index contributed by atoms with van der Waals surface area (Å²) in [6, 6.07) is 10.8. The van der Waals surface area contributed by atoms with Gasteiger partial charge in [0, 0.05) is 61.8 Å². The number of amides is 1. The molecule has 168 valence electrons. The first-order valence-corrected chi connectivity index (χ1v) is 10.8. The molecule has 1 fully saturated rings. The highest BCUT2D eigenvalue weighted by molar-refractivity contribution is 6.00. The number of alkyl halides is 2. The second-order valence-electron chi connectivity index (χ2n) is 8.55. The van der Waals surface area contributed by atoms with Crippen LogP contribution in [0.2, 0.25) is 0 Å². The van der Waals surface area contributed by atoms with Gasteiger partial charge in [0.1, 0.15) is 0 Å². The second kappa shape index (κ2) is 7.96. The van der Waals surface area contributed by atoms with Crippen LogP contribution in [-0.4, -0.2) is 44.6 Å². The van der Waals surface area contributed by atoms with Crippen LogP contribution in [0, 0.1) is 18.3 Å². The zero-order chi connectivity index (χ0) is 23.2. The first-order valence-electron chi connectivity index (χ1n) is 10.8. The summed E-state index contributed by atoms with van der Waals surface area (Å²) in [6.07, 6.45) is 3.14. The first kappa shape index (κ1) is 21.1. The van der Waals surface area contributed by atoms with Gasteiger partial charge in [-0.15, -0.1) is 0 Å². The van der Waals surface area contributed by atoms with E-state index in [1.807, 2.05) is 30.2 Å². The number of carbonyl (C=O) groups excluding carboxylic acids is 1. The van der Waals surface area contributed by atoms with Gasteiger partial charge in [-0.3, -0.25) is 9.78 Å². The van der Waals surface area contributed by atoms with Crippen molar-refractivity contribution in [1.82, 2.24) is 19.7 Å². The number of carbonyl (C=O) groups is 1. The number of anilines is 1. The number of rotatable bonds is 3. The summed E-state index contributed by atoms with van der Waals surface area (Å²) in [6.45, 7) is 2.98. The molecule has 0 atom stereocenters. The van der Waals surface area contributed by atoms with E-state index in [1.54, 1.807) is 34.0 Å². The highest BCUT2D eigenvalue weighted by atomic mass is 19.3. The maximum absolute atomic E-state index is 13.7. The molecule has 7 nitrogen and oxygen atoms in total. The van der Waals surface area contributed by atoms with Crippen molar-refractivity contribution in [2.75, 3.05) is 18.0 Å². The number of aryl methyl sites for hydroxylation is 1. The fourth-order valence-corrected chi connectivity index (χ4v) is 4.40. The van der Waals surface area contributed by atoms with E-state index in [4.69, 9.17) is 0 Å². The van der Waals surface area contributed by atoms with Crippen LogP contribution in [-0.2, 0) is 13.1 Å². The lowest BCUT2D eigenvalue weighted by atomic mass is 10.0. The van der Waals surface area contributed by atoms with Crippen LogP contribution < -0.4 is 4.90 Å². The molecular formula is C24H22F2N6O. The number of fused-ring (bicyclic) bond motifs is 1. The number of halogens is 2. The molecule has 1 aromatic carbocycles. The first-order chi connectivity index (χ1) is 15.8. The van der Waals surface area contributed by atoms with Crippen molar-refractivity contribution in [3.05, 3.63) is 70.8 Å². The molecule has 0 bridgehead atoms. The van der Waals surface area contributed by atoms with Gasteiger partial charge in [-0.25, -0.2) is 13.5 Å². The molecule has 9 heteroatoms. The minimum absolute atomic E-state index is 0.164. The van der Waals surface area contributed by atoms with E-state index in [2.05, 4.69) is 16.2 Å². The SMILES string of the molecule is Cc1cc(-n2cc3c(n2)CN(C(=O)c2cc(C#N)ccc2N2CCC(F)(F)CC2)C3)ccn1. The number of pyridine rings is 1. The van der Waals surface area contributed by atoms with Crippen LogP contribution in [0.3, 0.4) is 0 Å². The highest BCUT2D eigenvalue weighted by Gasteiger charge is 2.36. The smallest absolute Gasteiger partial charge is 0.256 e. The van der Waals surface area contributed by atoms with E-state index in [0.29, 0.717) is 29.9 Å². The molecule has 2 aliphatic rings. The van der Waals surface area contributed by atoms with Crippen LogP contribution in [0.1, 0.15) is 45.7 Å². The van der Waals surface area contributed by atoms with Crippen LogP contribution in [0.5, 0.6) is 0 Å². The van der Waals surface area contributed by atoms with Gasteiger partial charge in [-0.05, 0) is 37.3 Å². The summed E-state index contributed by atoms with van der Waals surface area (Å²) in [5.74, 6) is -2.91. The fourth-order valence-electron chi connectivity index (χ4n) is 4.40. The quantitative estimate of drug-likeness (QED) is 0.609. The molecule has 0 unspecified atom stereocenters. The Bertz CT molecular complexity index is 1240. The molecule has 0 radical (unpaired) electrons. The minimum Gasteiger partial charge on any atom is -0.370 e. The molecule has 0 N–H and O–H groups in total. The number of nitrogens with zero attached hydrogens (tertiary/aromatic N) is 6. The number of piperidine rings is 1. The summed E-state index contributed by atoms with van der Waals surface area (Å²) < 4.78 is 29.1. The van der Waals surface area contributed by atoms with E-state index in [-0.39, 0.29) is 31.8 Å². The van der Waals surface area contributed by atoms with Gasteiger partial charge < -0.3 is 9.80 Å². The Morgan fingerprint density at radius 3 is 2.64 bits per heavy atom. The zero-order valence-electron chi connectivity index (χ0n) is 18.1. The Balaban J connectivity index is 1.39. The third kappa shape index (κ3) is 4.04. The summed E-state index contributed by atoms with van der Waals surface area (Å²) in [7, 11) is 0. The number of hydrogen-bond donors (Lipinski definition) is 0. The molecule has 5 rings (SSSR count). The molecule has 4 heterocycles. The van der Waals surface area contributed by atoms with Crippen molar-refractivity contribution in [3.63, 3.8) is 0 Å². The molecule has 2 aromatic heterocycles. The van der Waals surface area contributed by atoms with Crippen molar-refractivity contribution >= 4 is 11.6 Å². The lowest BCUT2D eigenvalue weighted by Gasteiger charge is -2.34. The van der Waals surface area contributed by atoms with Crippen molar-refractivity contribution in [1.29, 1.82) is 5.26 Å². The van der Waals surface area contributed by atoms with Crippen molar-refractivity contribution < 1.29 is 13.6 Å². The van der Waals surface area contributed by atoms with Crippen molar-refractivity contribution in [2.45, 2.75) is 38.8 Å². The predicted molar refractivity (Wildman–Crippen MR) is 117 cm³/mol. The molecule has 3 aromatic rings. The van der Waals surface area contributed by atoms with E-state index in [1.165, 1.54) is 0 Å². The number of hydrogen-bond acceptors (Lipinski definition) is 5. The second-order valence-corrected chi connectivity index (χ2v) is 8.55.